The molecular formula is C17H24Cl2N4OS. The molecule has 0 saturated carbocycles. The number of carbonyl (C=O) groups is 1. The number of nitrogens with one attached hydrogen (secondary N) is 1. The van der Waals surface area contributed by atoms with Crippen molar-refractivity contribution in [1.82, 2.24) is 9.88 Å². The van der Waals surface area contributed by atoms with Gasteiger partial charge in [0.05, 0.1) is 22.1 Å². The average Bonchev–Trinajstić information content (AvgIpc) is 2.95. The quantitative estimate of drug-likeness (QED) is 0.764. The molecule has 3 rings (SSSR count). The Morgan fingerprint density at radius 1 is 1.32 bits per heavy atom. The summed E-state index contributed by atoms with van der Waals surface area (Å²) < 4.78 is 0. The number of nitrogens with two attached hydrogens (primary N) is 1. The molecule has 0 bridgehead atoms. The van der Waals surface area contributed by atoms with E-state index in [1.807, 2.05) is 25.1 Å². The topological polar surface area (TPSA) is 71.2 Å². The molecule has 1 fully saturated rings. The summed E-state index contributed by atoms with van der Waals surface area (Å²) in [4.78, 5) is 19.3. The number of aryl methyl sites for hydroxylation is 1. The predicted octanol–water partition coefficient (Wildman–Crippen LogP) is 3.73. The first-order valence-electron chi connectivity index (χ1n) is 7.90. The molecule has 1 aromatic heterocycles. The summed E-state index contributed by atoms with van der Waals surface area (Å²) in [5, 5.41) is 6.18. The van der Waals surface area contributed by atoms with Crippen molar-refractivity contribution in [3.05, 3.63) is 40.3 Å². The van der Waals surface area contributed by atoms with Gasteiger partial charge in [-0.05, 0) is 45.0 Å². The number of likely N-dealkylation sites (tertiary alicyclic amines) is 1. The van der Waals surface area contributed by atoms with Crippen molar-refractivity contribution < 1.29 is 4.79 Å². The highest BCUT2D eigenvalue weighted by Crippen LogP contribution is 2.23. The monoisotopic (exact) mass is 402 g/mol. The molecule has 0 radical (unpaired) electrons. The van der Waals surface area contributed by atoms with Crippen LogP contribution in [0.3, 0.4) is 0 Å². The lowest BCUT2D eigenvalue weighted by atomic mass is 9.95. The van der Waals surface area contributed by atoms with E-state index in [1.54, 1.807) is 17.4 Å². The number of aromatic nitrogens is 1. The Labute approximate surface area is 164 Å². The minimum absolute atomic E-state index is 0. The Morgan fingerprint density at radius 2 is 2.00 bits per heavy atom. The number of para-hydroxylation sites is 2. The molecule has 0 spiro atoms. The predicted molar refractivity (Wildman–Crippen MR) is 109 cm³/mol. The fourth-order valence-electron chi connectivity index (χ4n) is 2.91. The molecule has 8 heteroatoms. The average molecular weight is 403 g/mol. The lowest BCUT2D eigenvalue weighted by Gasteiger charge is -2.30. The van der Waals surface area contributed by atoms with Gasteiger partial charge >= 0.3 is 0 Å². The van der Waals surface area contributed by atoms with Crippen LogP contribution in [0.25, 0.3) is 0 Å². The second-order valence-corrected chi connectivity index (χ2v) is 7.05. The van der Waals surface area contributed by atoms with Crippen LogP contribution in [0.4, 0.5) is 11.4 Å². The Bertz CT molecular complexity index is 687. The summed E-state index contributed by atoms with van der Waals surface area (Å²) in [5.74, 6) is 0.134. The molecular weight excluding hydrogens is 379 g/mol. The van der Waals surface area contributed by atoms with Crippen molar-refractivity contribution in [3.63, 3.8) is 0 Å². The van der Waals surface area contributed by atoms with Crippen LogP contribution < -0.4 is 11.1 Å². The van der Waals surface area contributed by atoms with Gasteiger partial charge in [-0.2, -0.15) is 0 Å². The minimum Gasteiger partial charge on any atom is -0.397 e. The molecule has 1 aliphatic heterocycles. The molecule has 0 unspecified atom stereocenters. The highest BCUT2D eigenvalue weighted by molar-refractivity contribution is 7.09. The number of hydrogen-bond acceptors (Lipinski definition) is 5. The first-order valence-corrected chi connectivity index (χ1v) is 8.78. The maximum absolute atomic E-state index is 12.4. The Kier molecular flexibility index (Phi) is 8.65. The number of anilines is 2. The van der Waals surface area contributed by atoms with Gasteiger partial charge in [0.2, 0.25) is 5.91 Å². The van der Waals surface area contributed by atoms with Gasteiger partial charge in [0.25, 0.3) is 0 Å². The van der Waals surface area contributed by atoms with Gasteiger partial charge in [-0.1, -0.05) is 12.1 Å². The summed E-state index contributed by atoms with van der Waals surface area (Å²) in [6, 6.07) is 7.38. The summed E-state index contributed by atoms with van der Waals surface area (Å²) in [6.45, 7) is 4.77. The third-order valence-electron chi connectivity index (χ3n) is 4.23. The van der Waals surface area contributed by atoms with E-state index in [2.05, 4.69) is 20.6 Å². The van der Waals surface area contributed by atoms with Crippen LogP contribution >= 0.6 is 36.2 Å². The fraction of sp³-hybridized carbons (Fsp3) is 0.412. The van der Waals surface area contributed by atoms with Gasteiger partial charge in [0.15, 0.2) is 0 Å². The van der Waals surface area contributed by atoms with Crippen LogP contribution in [-0.4, -0.2) is 28.9 Å². The number of nitrogens with zero attached hydrogens (tertiary/aromatic N) is 2. The largest absolute Gasteiger partial charge is 0.397 e. The number of thiazole rings is 1. The van der Waals surface area contributed by atoms with Crippen LogP contribution in [0.5, 0.6) is 0 Å². The van der Waals surface area contributed by atoms with Gasteiger partial charge in [-0.3, -0.25) is 9.69 Å². The first kappa shape index (κ1) is 21.7. The SMILES string of the molecule is Cc1nc(CN2CCC(C(=O)Nc3ccccc3N)CC2)cs1.Cl.Cl. The smallest absolute Gasteiger partial charge is 0.227 e. The van der Waals surface area contributed by atoms with E-state index in [4.69, 9.17) is 5.73 Å². The second kappa shape index (κ2) is 9.97. The van der Waals surface area contributed by atoms with E-state index in [1.165, 1.54) is 0 Å². The fourth-order valence-corrected chi connectivity index (χ4v) is 3.51. The Morgan fingerprint density at radius 3 is 2.60 bits per heavy atom. The number of carbonyl (C=O) groups excluding carboxylic acids is 1. The number of rotatable bonds is 4. The lowest BCUT2D eigenvalue weighted by molar-refractivity contribution is -0.121. The van der Waals surface area contributed by atoms with Crippen molar-refractivity contribution >= 4 is 53.4 Å². The van der Waals surface area contributed by atoms with Gasteiger partial charge in [-0.25, -0.2) is 4.98 Å². The van der Waals surface area contributed by atoms with Crippen LogP contribution in [0, 0.1) is 12.8 Å². The van der Waals surface area contributed by atoms with E-state index < -0.39 is 0 Å². The molecule has 2 aromatic rings. The number of benzene rings is 1. The van der Waals surface area contributed by atoms with E-state index in [-0.39, 0.29) is 36.6 Å². The molecule has 138 valence electrons. The van der Waals surface area contributed by atoms with Crippen LogP contribution in [0.2, 0.25) is 0 Å². The van der Waals surface area contributed by atoms with Crippen molar-refractivity contribution in [2.45, 2.75) is 26.3 Å². The molecule has 5 nitrogen and oxygen atoms in total. The standard InChI is InChI=1S/C17H22N4OS.2ClH/c1-12-19-14(11-23-12)10-21-8-6-13(7-9-21)17(22)20-16-5-3-2-4-15(16)18;;/h2-5,11,13H,6-10,18H2,1H3,(H,20,22);2*1H. The zero-order valence-electron chi connectivity index (χ0n) is 14.1. The summed E-state index contributed by atoms with van der Waals surface area (Å²) in [5.41, 5.74) is 8.33. The van der Waals surface area contributed by atoms with Crippen LogP contribution in [0.1, 0.15) is 23.5 Å². The van der Waals surface area contributed by atoms with Crippen molar-refractivity contribution in [2.24, 2.45) is 5.92 Å². The lowest BCUT2D eigenvalue weighted by Crippen LogP contribution is -2.37. The van der Waals surface area contributed by atoms with Crippen LogP contribution in [0.15, 0.2) is 29.6 Å². The maximum atomic E-state index is 12.4. The summed E-state index contributed by atoms with van der Waals surface area (Å²) in [6.07, 6.45) is 1.75. The summed E-state index contributed by atoms with van der Waals surface area (Å²) >= 11 is 1.69. The molecule has 1 aliphatic rings. The third kappa shape index (κ3) is 5.85. The Balaban J connectivity index is 0.00000156. The number of halogens is 2. The zero-order chi connectivity index (χ0) is 16.2. The van der Waals surface area contributed by atoms with E-state index in [0.717, 1.165) is 43.2 Å². The van der Waals surface area contributed by atoms with Crippen molar-refractivity contribution in [1.29, 1.82) is 0 Å². The molecule has 1 amide bonds. The molecule has 0 atom stereocenters. The van der Waals surface area contributed by atoms with Gasteiger partial charge < -0.3 is 11.1 Å². The highest BCUT2D eigenvalue weighted by atomic mass is 35.5. The molecule has 0 aliphatic carbocycles. The first-order chi connectivity index (χ1) is 11.1. The Hall–Kier alpha value is -1.34. The highest BCUT2D eigenvalue weighted by Gasteiger charge is 2.25. The number of amides is 1. The zero-order valence-corrected chi connectivity index (χ0v) is 16.6. The third-order valence-corrected chi connectivity index (χ3v) is 5.05. The van der Waals surface area contributed by atoms with Gasteiger partial charge in [0.1, 0.15) is 0 Å². The van der Waals surface area contributed by atoms with Gasteiger partial charge in [-0.15, -0.1) is 36.2 Å². The summed E-state index contributed by atoms with van der Waals surface area (Å²) in [7, 11) is 0. The molecule has 1 saturated heterocycles. The van der Waals surface area contributed by atoms with Crippen molar-refractivity contribution in [3.8, 4) is 0 Å². The normalized spacial score (nSPS) is 15.1. The number of hydrogen-bond donors (Lipinski definition) is 2. The molecule has 3 N–H and O–H groups in total. The van der Waals surface area contributed by atoms with E-state index in [9.17, 15) is 4.79 Å². The molecule has 1 aromatic carbocycles. The van der Waals surface area contributed by atoms with E-state index >= 15 is 0 Å². The number of piperidine rings is 1. The van der Waals surface area contributed by atoms with Crippen molar-refractivity contribution in [2.75, 3.05) is 24.1 Å². The molecule has 2 heterocycles. The van der Waals surface area contributed by atoms with Crippen LogP contribution in [-0.2, 0) is 11.3 Å². The number of nitrogen functional groups attached to an aromatic ring is 1. The minimum atomic E-state index is 0. The maximum Gasteiger partial charge on any atom is 0.227 e. The molecule has 25 heavy (non-hydrogen) atoms. The van der Waals surface area contributed by atoms with Gasteiger partial charge in [0, 0.05) is 17.8 Å². The second-order valence-electron chi connectivity index (χ2n) is 5.98. The van der Waals surface area contributed by atoms with E-state index in [0.29, 0.717) is 11.4 Å².